The van der Waals surface area contributed by atoms with E-state index in [1.165, 1.54) is 11.1 Å². The van der Waals surface area contributed by atoms with Crippen LogP contribution in [-0.2, 0) is 23.0 Å². The first kappa shape index (κ1) is 17.6. The molecular formula is C22H23N3O2S. The number of anilines is 1. The Kier molecular flexibility index (Phi) is 4.33. The van der Waals surface area contributed by atoms with Crippen LogP contribution in [0.15, 0.2) is 59.5 Å². The number of nitrogens with zero attached hydrogens (tertiary/aromatic N) is 3. The van der Waals surface area contributed by atoms with E-state index in [1.54, 1.807) is 16.4 Å². The highest BCUT2D eigenvalue weighted by Crippen LogP contribution is 2.27. The normalized spacial score (nSPS) is 17.8. The fraction of sp³-hybridized carbons (Fsp3) is 0.318. The lowest BCUT2D eigenvalue weighted by molar-refractivity contribution is 0.477. The highest BCUT2D eigenvalue weighted by molar-refractivity contribution is 7.89. The van der Waals surface area contributed by atoms with Gasteiger partial charge in [-0.2, -0.15) is 4.31 Å². The van der Waals surface area contributed by atoms with Crippen LogP contribution in [0.4, 0.5) is 5.82 Å². The second-order valence-corrected chi connectivity index (χ2v) is 9.51. The molecule has 2 aromatic carbocycles. The van der Waals surface area contributed by atoms with E-state index in [0.717, 1.165) is 49.1 Å². The van der Waals surface area contributed by atoms with Gasteiger partial charge in [0.05, 0.1) is 10.4 Å². The molecule has 1 aromatic heterocycles. The topological polar surface area (TPSA) is 53.5 Å². The molecule has 0 bridgehead atoms. The summed E-state index contributed by atoms with van der Waals surface area (Å²) in [4.78, 5) is 7.46. The van der Waals surface area contributed by atoms with Crippen molar-refractivity contribution in [2.45, 2.75) is 30.7 Å². The third kappa shape index (κ3) is 3.06. The van der Waals surface area contributed by atoms with Crippen molar-refractivity contribution in [3.05, 3.63) is 65.7 Å². The maximum atomic E-state index is 12.8. The zero-order chi connectivity index (χ0) is 19.1. The second kappa shape index (κ2) is 6.87. The molecule has 6 heteroatoms. The van der Waals surface area contributed by atoms with Gasteiger partial charge < -0.3 is 4.90 Å². The molecule has 3 aromatic rings. The largest absolute Gasteiger partial charge is 0.352 e. The van der Waals surface area contributed by atoms with Crippen LogP contribution < -0.4 is 4.90 Å². The molecule has 5 rings (SSSR count). The predicted octanol–water partition coefficient (Wildman–Crippen LogP) is 3.58. The number of benzene rings is 2. The SMILES string of the molecule is O=S(=O)(c1ccc2nc(N3CCc4ccccc4C3)ccc2c1)N1CCCC1. The average Bonchev–Trinajstić information content (AvgIpc) is 3.28. The summed E-state index contributed by atoms with van der Waals surface area (Å²) in [5.74, 6) is 0.942. The zero-order valence-corrected chi connectivity index (χ0v) is 16.5. The van der Waals surface area contributed by atoms with E-state index in [2.05, 4.69) is 29.2 Å². The fourth-order valence-corrected chi connectivity index (χ4v) is 5.75. The number of rotatable bonds is 3. The van der Waals surface area contributed by atoms with Crippen LogP contribution in [0.3, 0.4) is 0 Å². The molecule has 0 aliphatic carbocycles. The summed E-state index contributed by atoms with van der Waals surface area (Å²) in [6, 6.07) is 17.8. The van der Waals surface area contributed by atoms with Gasteiger partial charge in [-0.1, -0.05) is 24.3 Å². The van der Waals surface area contributed by atoms with Crippen molar-refractivity contribution in [1.29, 1.82) is 0 Å². The van der Waals surface area contributed by atoms with Gasteiger partial charge in [-0.3, -0.25) is 0 Å². The van der Waals surface area contributed by atoms with Crippen molar-refractivity contribution >= 4 is 26.7 Å². The van der Waals surface area contributed by atoms with Crippen molar-refractivity contribution in [2.24, 2.45) is 0 Å². The Morgan fingerprint density at radius 2 is 1.64 bits per heavy atom. The minimum atomic E-state index is -3.40. The summed E-state index contributed by atoms with van der Waals surface area (Å²) in [5.41, 5.74) is 3.59. The van der Waals surface area contributed by atoms with Gasteiger partial charge in [-0.05, 0) is 60.7 Å². The summed E-state index contributed by atoms with van der Waals surface area (Å²) in [6.45, 7) is 3.04. The second-order valence-electron chi connectivity index (χ2n) is 7.58. The van der Waals surface area contributed by atoms with E-state index in [9.17, 15) is 8.42 Å². The van der Waals surface area contributed by atoms with Crippen molar-refractivity contribution in [2.75, 3.05) is 24.5 Å². The average molecular weight is 394 g/mol. The van der Waals surface area contributed by atoms with Crippen molar-refractivity contribution in [1.82, 2.24) is 9.29 Å². The third-order valence-corrected chi connectivity index (χ3v) is 7.70. The Balaban J connectivity index is 1.45. The Bertz CT molecular complexity index is 1140. The smallest absolute Gasteiger partial charge is 0.243 e. The highest BCUT2D eigenvalue weighted by atomic mass is 32.2. The van der Waals surface area contributed by atoms with Gasteiger partial charge in [-0.25, -0.2) is 13.4 Å². The Hall–Kier alpha value is -2.44. The van der Waals surface area contributed by atoms with Crippen LogP contribution in [0.2, 0.25) is 0 Å². The van der Waals surface area contributed by atoms with Crippen molar-refractivity contribution < 1.29 is 8.42 Å². The molecule has 0 spiro atoms. The van der Waals surface area contributed by atoms with Gasteiger partial charge in [0.25, 0.3) is 0 Å². The van der Waals surface area contributed by atoms with Gasteiger partial charge in [0.15, 0.2) is 0 Å². The lowest BCUT2D eigenvalue weighted by Gasteiger charge is -2.30. The van der Waals surface area contributed by atoms with E-state index in [-0.39, 0.29) is 0 Å². The van der Waals surface area contributed by atoms with Gasteiger partial charge in [0, 0.05) is 31.6 Å². The molecule has 0 unspecified atom stereocenters. The molecule has 0 atom stereocenters. The van der Waals surface area contributed by atoms with Gasteiger partial charge in [0.2, 0.25) is 10.0 Å². The number of sulfonamides is 1. The van der Waals surface area contributed by atoms with E-state index in [0.29, 0.717) is 18.0 Å². The van der Waals surface area contributed by atoms with E-state index >= 15 is 0 Å². The lowest BCUT2D eigenvalue weighted by Crippen LogP contribution is -2.30. The minimum Gasteiger partial charge on any atom is -0.352 e. The zero-order valence-electron chi connectivity index (χ0n) is 15.7. The maximum Gasteiger partial charge on any atom is 0.243 e. The first-order valence-electron chi connectivity index (χ1n) is 9.84. The fourth-order valence-electron chi connectivity index (χ4n) is 4.20. The Morgan fingerprint density at radius 1 is 0.857 bits per heavy atom. The van der Waals surface area contributed by atoms with Crippen LogP contribution in [0.5, 0.6) is 0 Å². The molecule has 3 heterocycles. The summed E-state index contributed by atoms with van der Waals surface area (Å²) < 4.78 is 27.2. The summed E-state index contributed by atoms with van der Waals surface area (Å²) in [5, 5.41) is 0.862. The molecule has 0 radical (unpaired) electrons. The van der Waals surface area contributed by atoms with Crippen LogP contribution in [0.25, 0.3) is 10.9 Å². The van der Waals surface area contributed by atoms with Gasteiger partial charge >= 0.3 is 0 Å². The molecule has 144 valence electrons. The molecule has 0 N–H and O–H groups in total. The number of hydrogen-bond donors (Lipinski definition) is 0. The molecule has 1 saturated heterocycles. The number of pyridine rings is 1. The van der Waals surface area contributed by atoms with Crippen LogP contribution >= 0.6 is 0 Å². The van der Waals surface area contributed by atoms with E-state index < -0.39 is 10.0 Å². The van der Waals surface area contributed by atoms with E-state index in [1.807, 2.05) is 18.2 Å². The molecule has 2 aliphatic rings. The summed E-state index contributed by atoms with van der Waals surface area (Å²) in [6.07, 6.45) is 2.90. The van der Waals surface area contributed by atoms with E-state index in [4.69, 9.17) is 4.98 Å². The Labute approximate surface area is 165 Å². The minimum absolute atomic E-state index is 0.364. The first-order chi connectivity index (χ1) is 13.6. The van der Waals surface area contributed by atoms with Crippen molar-refractivity contribution in [3.8, 4) is 0 Å². The summed E-state index contributed by atoms with van der Waals surface area (Å²) in [7, 11) is -3.40. The van der Waals surface area contributed by atoms with Crippen LogP contribution in [0, 0.1) is 0 Å². The van der Waals surface area contributed by atoms with Crippen LogP contribution in [0.1, 0.15) is 24.0 Å². The third-order valence-electron chi connectivity index (χ3n) is 5.80. The quantitative estimate of drug-likeness (QED) is 0.683. The monoisotopic (exact) mass is 393 g/mol. The molecule has 2 aliphatic heterocycles. The molecule has 0 saturated carbocycles. The highest BCUT2D eigenvalue weighted by Gasteiger charge is 2.27. The molecule has 1 fully saturated rings. The number of aromatic nitrogens is 1. The molecular weight excluding hydrogens is 370 g/mol. The molecule has 28 heavy (non-hydrogen) atoms. The van der Waals surface area contributed by atoms with Gasteiger partial charge in [-0.15, -0.1) is 0 Å². The Morgan fingerprint density at radius 3 is 2.46 bits per heavy atom. The predicted molar refractivity (Wildman–Crippen MR) is 111 cm³/mol. The van der Waals surface area contributed by atoms with Gasteiger partial charge in [0.1, 0.15) is 5.82 Å². The van der Waals surface area contributed by atoms with Crippen LogP contribution in [-0.4, -0.2) is 37.3 Å². The standard InChI is InChI=1S/C22H23N3O2S/c26-28(27,25-12-3-4-13-25)20-8-9-21-18(15-20)7-10-22(23-21)24-14-11-17-5-1-2-6-19(17)16-24/h1-2,5-10,15H,3-4,11-14,16H2. The first-order valence-corrected chi connectivity index (χ1v) is 11.3. The maximum absolute atomic E-state index is 12.8. The number of fused-ring (bicyclic) bond motifs is 2. The van der Waals surface area contributed by atoms with Crippen molar-refractivity contribution in [3.63, 3.8) is 0 Å². The summed E-state index contributed by atoms with van der Waals surface area (Å²) >= 11 is 0. The lowest BCUT2D eigenvalue weighted by atomic mass is 10.00. The number of hydrogen-bond acceptors (Lipinski definition) is 4. The molecule has 5 nitrogen and oxygen atoms in total. The molecule has 0 amide bonds.